The highest BCUT2D eigenvalue weighted by Crippen LogP contribution is 2.25. The second kappa shape index (κ2) is 17.1. The Hall–Kier alpha value is -1.77. The fraction of sp³-hybridized carbons (Fsp3) is 0.654. The van der Waals surface area contributed by atoms with Crippen LogP contribution in [0.4, 0.5) is 0 Å². The van der Waals surface area contributed by atoms with Gasteiger partial charge >= 0.3 is 5.97 Å². The van der Waals surface area contributed by atoms with Gasteiger partial charge in [0.1, 0.15) is 5.75 Å². The zero-order chi connectivity index (χ0) is 21.2. The Kier molecular flexibility index (Phi) is 14.9. The van der Waals surface area contributed by atoms with Crippen molar-refractivity contribution in [2.45, 2.75) is 110 Å². The van der Waals surface area contributed by atoms with E-state index in [0.717, 1.165) is 24.2 Å². The minimum atomic E-state index is -0.935. The topological polar surface area (TPSA) is 46.5 Å². The van der Waals surface area contributed by atoms with Crippen molar-refractivity contribution >= 4 is 12.0 Å². The number of aliphatic carboxylic acids is 1. The molecule has 1 rings (SSSR count). The number of hydrogen-bond donors (Lipinski definition) is 1. The van der Waals surface area contributed by atoms with Crippen LogP contribution < -0.4 is 4.74 Å². The van der Waals surface area contributed by atoms with Crippen LogP contribution >= 0.6 is 0 Å². The van der Waals surface area contributed by atoms with Gasteiger partial charge in [0.15, 0.2) is 0 Å². The van der Waals surface area contributed by atoms with Crippen molar-refractivity contribution in [3.05, 3.63) is 35.9 Å². The first-order valence-electron chi connectivity index (χ1n) is 11.8. The van der Waals surface area contributed by atoms with Crippen molar-refractivity contribution < 1.29 is 14.6 Å². The van der Waals surface area contributed by atoms with E-state index in [2.05, 4.69) is 13.8 Å². The molecule has 3 heteroatoms. The van der Waals surface area contributed by atoms with Crippen molar-refractivity contribution in [2.75, 3.05) is 0 Å². The van der Waals surface area contributed by atoms with Crippen molar-refractivity contribution in [3.63, 3.8) is 0 Å². The molecule has 29 heavy (non-hydrogen) atoms. The highest BCUT2D eigenvalue weighted by molar-refractivity contribution is 5.85. The summed E-state index contributed by atoms with van der Waals surface area (Å²) < 4.78 is 6.39. The number of para-hydroxylation sites is 1. The number of ether oxygens (including phenoxy) is 1. The molecular weight excluding hydrogens is 360 g/mol. The summed E-state index contributed by atoms with van der Waals surface area (Å²) in [6.07, 6.45) is 20.7. The van der Waals surface area contributed by atoms with Crippen molar-refractivity contribution in [1.29, 1.82) is 0 Å². The van der Waals surface area contributed by atoms with Gasteiger partial charge in [-0.25, -0.2) is 4.79 Å². The Labute approximate surface area is 178 Å². The predicted molar refractivity (Wildman–Crippen MR) is 124 cm³/mol. The van der Waals surface area contributed by atoms with Crippen LogP contribution in [0.1, 0.15) is 109 Å². The fourth-order valence-electron chi connectivity index (χ4n) is 3.63. The molecule has 0 unspecified atom stereocenters. The Morgan fingerprint density at radius 3 is 1.93 bits per heavy atom. The molecule has 0 aliphatic carbocycles. The predicted octanol–water partition coefficient (Wildman–Crippen LogP) is 8.03. The fourth-order valence-corrected chi connectivity index (χ4v) is 3.63. The van der Waals surface area contributed by atoms with E-state index in [0.29, 0.717) is 0 Å². The maximum Gasteiger partial charge on any atom is 0.328 e. The highest BCUT2D eigenvalue weighted by atomic mass is 16.5. The third-order valence-electron chi connectivity index (χ3n) is 5.38. The largest absolute Gasteiger partial charge is 0.490 e. The van der Waals surface area contributed by atoms with Gasteiger partial charge in [-0.1, -0.05) is 96.3 Å². The summed E-state index contributed by atoms with van der Waals surface area (Å²) in [5, 5.41) is 8.93. The van der Waals surface area contributed by atoms with Crippen molar-refractivity contribution in [2.24, 2.45) is 0 Å². The lowest BCUT2D eigenvalue weighted by Crippen LogP contribution is -2.17. The normalized spacial score (nSPS) is 11.4. The zero-order valence-corrected chi connectivity index (χ0v) is 18.7. The van der Waals surface area contributed by atoms with E-state index in [-0.39, 0.29) is 6.10 Å². The highest BCUT2D eigenvalue weighted by Gasteiger charge is 2.12. The smallest absolute Gasteiger partial charge is 0.328 e. The van der Waals surface area contributed by atoms with E-state index in [9.17, 15) is 4.79 Å². The average Bonchev–Trinajstić information content (AvgIpc) is 2.72. The molecule has 0 spiro atoms. The van der Waals surface area contributed by atoms with Crippen LogP contribution in [-0.2, 0) is 4.79 Å². The molecule has 0 fully saturated rings. The lowest BCUT2D eigenvalue weighted by molar-refractivity contribution is -0.131. The van der Waals surface area contributed by atoms with Gasteiger partial charge in [0, 0.05) is 11.6 Å². The van der Waals surface area contributed by atoms with Crippen LogP contribution in [0.3, 0.4) is 0 Å². The molecule has 0 aliphatic rings. The van der Waals surface area contributed by atoms with Crippen LogP contribution in [0.5, 0.6) is 5.75 Å². The Balaban J connectivity index is 2.59. The third kappa shape index (κ3) is 13.1. The lowest BCUT2D eigenvalue weighted by atomic mass is 10.0. The van der Waals surface area contributed by atoms with E-state index in [1.807, 2.05) is 24.3 Å². The van der Waals surface area contributed by atoms with E-state index < -0.39 is 5.97 Å². The molecule has 0 atom stereocenters. The Morgan fingerprint density at radius 2 is 1.38 bits per heavy atom. The molecule has 0 heterocycles. The third-order valence-corrected chi connectivity index (χ3v) is 5.38. The summed E-state index contributed by atoms with van der Waals surface area (Å²) >= 11 is 0. The van der Waals surface area contributed by atoms with Crippen molar-refractivity contribution in [3.8, 4) is 5.75 Å². The summed E-state index contributed by atoms with van der Waals surface area (Å²) in [6, 6.07) is 7.75. The molecule has 0 aromatic heterocycles. The molecule has 0 bridgehead atoms. The van der Waals surface area contributed by atoms with Crippen molar-refractivity contribution in [1.82, 2.24) is 0 Å². The molecular formula is C26H42O3. The molecule has 3 nitrogen and oxygen atoms in total. The molecule has 1 aromatic carbocycles. The van der Waals surface area contributed by atoms with Gasteiger partial charge in [0.25, 0.3) is 0 Å². The maximum atomic E-state index is 10.9. The Morgan fingerprint density at radius 1 is 0.862 bits per heavy atom. The first-order chi connectivity index (χ1) is 14.2. The number of carboxylic acids is 1. The average molecular weight is 403 g/mol. The van der Waals surface area contributed by atoms with Crippen LogP contribution in [0.25, 0.3) is 6.08 Å². The monoisotopic (exact) mass is 402 g/mol. The molecule has 1 aromatic rings. The van der Waals surface area contributed by atoms with Gasteiger partial charge in [-0.05, 0) is 37.8 Å². The first-order valence-corrected chi connectivity index (χ1v) is 11.8. The summed E-state index contributed by atoms with van der Waals surface area (Å²) in [6.45, 7) is 4.50. The van der Waals surface area contributed by atoms with E-state index in [1.165, 1.54) is 83.1 Å². The number of benzene rings is 1. The second-order valence-corrected chi connectivity index (χ2v) is 8.06. The molecule has 0 saturated carbocycles. The Bertz CT molecular complexity index is 549. The summed E-state index contributed by atoms with van der Waals surface area (Å²) in [5.74, 6) is -0.137. The second-order valence-electron chi connectivity index (χ2n) is 8.06. The summed E-state index contributed by atoms with van der Waals surface area (Å²) in [4.78, 5) is 10.9. The summed E-state index contributed by atoms with van der Waals surface area (Å²) in [7, 11) is 0. The van der Waals surface area contributed by atoms with Crippen LogP contribution in [0.15, 0.2) is 30.3 Å². The molecule has 0 radical (unpaired) electrons. The maximum absolute atomic E-state index is 10.9. The van der Waals surface area contributed by atoms with Gasteiger partial charge in [0.2, 0.25) is 0 Å². The molecule has 0 aliphatic heterocycles. The van der Waals surface area contributed by atoms with Crippen LogP contribution in [-0.4, -0.2) is 17.2 Å². The summed E-state index contributed by atoms with van der Waals surface area (Å²) in [5.41, 5.74) is 0.839. The van der Waals surface area contributed by atoms with Crippen LogP contribution in [0.2, 0.25) is 0 Å². The molecule has 1 N–H and O–H groups in total. The number of unbranched alkanes of at least 4 members (excludes halogenated alkanes) is 10. The SMILES string of the molecule is CCCCCCCCC(CCCCCCCC)Oc1ccccc1/C=C/C(=O)O. The van der Waals surface area contributed by atoms with Gasteiger partial charge in [0.05, 0.1) is 6.10 Å². The number of carboxylic acid groups (broad SMARTS) is 1. The zero-order valence-electron chi connectivity index (χ0n) is 18.7. The minimum Gasteiger partial charge on any atom is -0.490 e. The lowest BCUT2D eigenvalue weighted by Gasteiger charge is -2.21. The van der Waals surface area contributed by atoms with Gasteiger partial charge < -0.3 is 9.84 Å². The van der Waals surface area contributed by atoms with Crippen LogP contribution in [0, 0.1) is 0 Å². The molecule has 0 saturated heterocycles. The first kappa shape index (κ1) is 25.3. The van der Waals surface area contributed by atoms with Gasteiger partial charge in [-0.15, -0.1) is 0 Å². The quantitative estimate of drug-likeness (QED) is 0.200. The van der Waals surface area contributed by atoms with E-state index >= 15 is 0 Å². The minimum absolute atomic E-state index is 0.215. The number of carbonyl (C=O) groups is 1. The molecule has 164 valence electrons. The van der Waals surface area contributed by atoms with E-state index in [4.69, 9.17) is 9.84 Å². The van der Waals surface area contributed by atoms with Gasteiger partial charge in [-0.2, -0.15) is 0 Å². The number of hydrogen-bond acceptors (Lipinski definition) is 2. The standard InChI is InChI=1S/C26H42O3/c1-3-5-7-9-11-13-18-24(19-14-12-10-8-6-4-2)29-25-20-16-15-17-23(25)21-22-26(27)28/h15-17,20-22,24H,3-14,18-19H2,1-2H3,(H,27,28)/b22-21+. The number of rotatable bonds is 18. The molecule has 0 amide bonds. The van der Waals surface area contributed by atoms with Gasteiger partial charge in [-0.3, -0.25) is 0 Å². The van der Waals surface area contributed by atoms with E-state index in [1.54, 1.807) is 6.08 Å².